The van der Waals surface area contributed by atoms with Crippen molar-refractivity contribution in [2.45, 2.75) is 17.9 Å². The van der Waals surface area contributed by atoms with Crippen molar-refractivity contribution in [2.24, 2.45) is 0 Å². The van der Waals surface area contributed by atoms with E-state index in [1.54, 1.807) is 24.5 Å². The Balaban J connectivity index is 1.85. The van der Waals surface area contributed by atoms with Crippen molar-refractivity contribution in [3.05, 3.63) is 48.4 Å². The van der Waals surface area contributed by atoms with Crippen molar-refractivity contribution >= 4 is 21.6 Å². The number of hydrogen-bond donors (Lipinski definition) is 2. The molecule has 0 saturated carbocycles. The van der Waals surface area contributed by atoms with Gasteiger partial charge in [0.05, 0.1) is 17.7 Å². The first-order valence-corrected chi connectivity index (χ1v) is 8.89. The first kappa shape index (κ1) is 18.2. The molecule has 0 atom stereocenters. The number of amides is 1. The Labute approximate surface area is 141 Å². The SMILES string of the molecule is CN(C)S(=O)(=O)c1cccc(NC(=O)CCNCc2ccco2)c1. The summed E-state index contributed by atoms with van der Waals surface area (Å²) in [6.07, 6.45) is 1.86. The molecule has 1 amide bonds. The number of benzene rings is 1. The van der Waals surface area contributed by atoms with E-state index in [1.807, 2.05) is 6.07 Å². The van der Waals surface area contributed by atoms with E-state index in [0.29, 0.717) is 18.8 Å². The molecule has 1 aromatic heterocycles. The second-order valence-electron chi connectivity index (χ2n) is 5.37. The molecule has 8 heteroatoms. The average Bonchev–Trinajstić information content (AvgIpc) is 3.05. The molecule has 0 aliphatic heterocycles. The lowest BCUT2D eigenvalue weighted by Gasteiger charge is -2.12. The van der Waals surface area contributed by atoms with Gasteiger partial charge in [-0.3, -0.25) is 4.79 Å². The third-order valence-electron chi connectivity index (χ3n) is 3.30. The predicted octanol–water partition coefficient (Wildman–Crippen LogP) is 1.65. The molecular formula is C16H21N3O4S. The topological polar surface area (TPSA) is 91.7 Å². The molecule has 0 spiro atoms. The normalized spacial score (nSPS) is 11.6. The van der Waals surface area contributed by atoms with Gasteiger partial charge in [-0.15, -0.1) is 0 Å². The molecule has 2 N–H and O–H groups in total. The smallest absolute Gasteiger partial charge is 0.242 e. The molecule has 0 unspecified atom stereocenters. The molecule has 1 heterocycles. The minimum Gasteiger partial charge on any atom is -0.468 e. The summed E-state index contributed by atoms with van der Waals surface area (Å²) in [5.41, 5.74) is 0.453. The third kappa shape index (κ3) is 4.92. The third-order valence-corrected chi connectivity index (χ3v) is 5.12. The summed E-state index contributed by atoms with van der Waals surface area (Å²) in [5.74, 6) is 0.610. The Morgan fingerprint density at radius 1 is 1.21 bits per heavy atom. The van der Waals surface area contributed by atoms with Crippen molar-refractivity contribution in [2.75, 3.05) is 26.0 Å². The number of sulfonamides is 1. The van der Waals surface area contributed by atoms with Gasteiger partial charge in [-0.05, 0) is 30.3 Å². The molecule has 0 aliphatic carbocycles. The summed E-state index contributed by atoms with van der Waals surface area (Å²) in [5, 5.41) is 5.80. The van der Waals surface area contributed by atoms with E-state index in [9.17, 15) is 13.2 Å². The van der Waals surface area contributed by atoms with Crippen molar-refractivity contribution in [1.82, 2.24) is 9.62 Å². The van der Waals surface area contributed by atoms with Crippen LogP contribution in [0.4, 0.5) is 5.69 Å². The molecule has 0 saturated heterocycles. The predicted molar refractivity (Wildman–Crippen MR) is 91.0 cm³/mol. The van der Waals surface area contributed by atoms with Crippen molar-refractivity contribution in [3.63, 3.8) is 0 Å². The summed E-state index contributed by atoms with van der Waals surface area (Å²) < 4.78 is 30.5. The van der Waals surface area contributed by atoms with E-state index in [1.165, 1.54) is 26.2 Å². The highest BCUT2D eigenvalue weighted by Crippen LogP contribution is 2.18. The van der Waals surface area contributed by atoms with Crippen LogP contribution in [0.5, 0.6) is 0 Å². The maximum Gasteiger partial charge on any atom is 0.242 e. The second-order valence-corrected chi connectivity index (χ2v) is 7.52. The molecule has 24 heavy (non-hydrogen) atoms. The van der Waals surface area contributed by atoms with Gasteiger partial charge in [-0.2, -0.15) is 0 Å². The van der Waals surface area contributed by atoms with E-state index < -0.39 is 10.0 Å². The van der Waals surface area contributed by atoms with Crippen LogP contribution < -0.4 is 10.6 Å². The van der Waals surface area contributed by atoms with E-state index in [0.717, 1.165) is 10.1 Å². The number of furan rings is 1. The van der Waals surface area contributed by atoms with Gasteiger partial charge in [0.15, 0.2) is 0 Å². The number of carbonyl (C=O) groups excluding carboxylic acids is 1. The van der Waals surface area contributed by atoms with Gasteiger partial charge in [0, 0.05) is 32.7 Å². The van der Waals surface area contributed by atoms with Crippen LogP contribution in [0.1, 0.15) is 12.2 Å². The van der Waals surface area contributed by atoms with Crippen molar-refractivity contribution in [1.29, 1.82) is 0 Å². The summed E-state index contributed by atoms with van der Waals surface area (Å²) in [7, 11) is -0.595. The molecule has 1 aromatic carbocycles. The number of anilines is 1. The van der Waals surface area contributed by atoms with Crippen LogP contribution in [-0.2, 0) is 21.4 Å². The van der Waals surface area contributed by atoms with Crippen LogP contribution in [0.2, 0.25) is 0 Å². The number of hydrogen-bond acceptors (Lipinski definition) is 5. The van der Waals surface area contributed by atoms with Crippen LogP contribution in [0.3, 0.4) is 0 Å². The molecule has 0 bridgehead atoms. The Hall–Kier alpha value is -2.16. The van der Waals surface area contributed by atoms with Gasteiger partial charge in [0.1, 0.15) is 5.76 Å². The highest BCUT2D eigenvalue weighted by molar-refractivity contribution is 7.89. The number of carbonyl (C=O) groups is 1. The Kier molecular flexibility index (Phi) is 6.13. The summed E-state index contributed by atoms with van der Waals surface area (Å²) >= 11 is 0. The van der Waals surface area contributed by atoms with Gasteiger partial charge in [-0.25, -0.2) is 12.7 Å². The van der Waals surface area contributed by atoms with Gasteiger partial charge in [-0.1, -0.05) is 6.07 Å². The van der Waals surface area contributed by atoms with Crippen LogP contribution in [-0.4, -0.2) is 39.3 Å². The lowest BCUT2D eigenvalue weighted by molar-refractivity contribution is -0.116. The standard InChI is InChI=1S/C16H21N3O4S/c1-19(2)24(21,22)15-7-3-5-13(11-15)18-16(20)8-9-17-12-14-6-4-10-23-14/h3-7,10-11,17H,8-9,12H2,1-2H3,(H,18,20). The molecule has 0 aliphatic rings. The summed E-state index contributed by atoms with van der Waals surface area (Å²) in [6, 6.07) is 9.85. The highest BCUT2D eigenvalue weighted by atomic mass is 32.2. The van der Waals surface area contributed by atoms with E-state index in [-0.39, 0.29) is 17.2 Å². The fraction of sp³-hybridized carbons (Fsp3) is 0.312. The molecule has 2 rings (SSSR count). The van der Waals surface area contributed by atoms with Crippen molar-refractivity contribution in [3.8, 4) is 0 Å². The zero-order valence-corrected chi connectivity index (χ0v) is 14.5. The average molecular weight is 351 g/mol. The fourth-order valence-corrected chi connectivity index (χ4v) is 2.94. The van der Waals surface area contributed by atoms with Gasteiger partial charge in [0.2, 0.25) is 15.9 Å². The zero-order chi connectivity index (χ0) is 17.6. The van der Waals surface area contributed by atoms with Gasteiger partial charge < -0.3 is 15.1 Å². The van der Waals surface area contributed by atoms with Crippen LogP contribution in [0.25, 0.3) is 0 Å². The molecule has 7 nitrogen and oxygen atoms in total. The summed E-state index contributed by atoms with van der Waals surface area (Å²) in [6.45, 7) is 1.04. The zero-order valence-electron chi connectivity index (χ0n) is 13.7. The second kappa shape index (κ2) is 8.09. The molecule has 2 aromatic rings. The quantitative estimate of drug-likeness (QED) is 0.706. The van der Waals surface area contributed by atoms with Gasteiger partial charge in [0.25, 0.3) is 0 Å². The maximum atomic E-state index is 12.1. The molecule has 0 fully saturated rings. The lowest BCUT2D eigenvalue weighted by atomic mass is 10.3. The van der Waals surface area contributed by atoms with E-state index in [2.05, 4.69) is 10.6 Å². The van der Waals surface area contributed by atoms with E-state index >= 15 is 0 Å². The maximum absolute atomic E-state index is 12.1. The first-order valence-electron chi connectivity index (χ1n) is 7.45. The number of nitrogens with one attached hydrogen (secondary N) is 2. The number of rotatable bonds is 8. The number of nitrogens with zero attached hydrogens (tertiary/aromatic N) is 1. The molecule has 0 radical (unpaired) electrons. The Morgan fingerprint density at radius 3 is 2.67 bits per heavy atom. The molecular weight excluding hydrogens is 330 g/mol. The minimum absolute atomic E-state index is 0.140. The Morgan fingerprint density at radius 2 is 2.00 bits per heavy atom. The Bertz CT molecular complexity index is 770. The fourth-order valence-electron chi connectivity index (χ4n) is 2.00. The van der Waals surface area contributed by atoms with Gasteiger partial charge >= 0.3 is 0 Å². The van der Waals surface area contributed by atoms with E-state index in [4.69, 9.17) is 4.42 Å². The first-order chi connectivity index (χ1) is 11.4. The van der Waals surface area contributed by atoms with Crippen LogP contribution in [0, 0.1) is 0 Å². The van der Waals surface area contributed by atoms with Crippen molar-refractivity contribution < 1.29 is 17.6 Å². The minimum atomic E-state index is -3.52. The van der Waals surface area contributed by atoms with Crippen LogP contribution in [0.15, 0.2) is 52.0 Å². The largest absolute Gasteiger partial charge is 0.468 e. The summed E-state index contributed by atoms with van der Waals surface area (Å²) in [4.78, 5) is 12.1. The van der Waals surface area contributed by atoms with Crippen LogP contribution >= 0.6 is 0 Å². The molecule has 130 valence electrons. The highest BCUT2D eigenvalue weighted by Gasteiger charge is 2.17. The monoisotopic (exact) mass is 351 g/mol. The lowest BCUT2D eigenvalue weighted by Crippen LogP contribution is -2.23.